The Labute approximate surface area is 103 Å². The van der Waals surface area contributed by atoms with Gasteiger partial charge in [0.05, 0.1) is 12.2 Å². The molecule has 0 aliphatic carbocycles. The summed E-state index contributed by atoms with van der Waals surface area (Å²) in [5, 5.41) is 28.7. The molecular formula is C14H22O3. The summed E-state index contributed by atoms with van der Waals surface area (Å²) in [7, 11) is 0. The molecule has 0 aliphatic heterocycles. The van der Waals surface area contributed by atoms with E-state index in [1.54, 1.807) is 12.1 Å². The summed E-state index contributed by atoms with van der Waals surface area (Å²) in [6, 6.07) is 6.97. The van der Waals surface area contributed by atoms with Crippen LogP contribution in [0, 0.1) is 0 Å². The van der Waals surface area contributed by atoms with Crippen LogP contribution in [0.2, 0.25) is 0 Å². The van der Waals surface area contributed by atoms with Gasteiger partial charge in [-0.2, -0.15) is 0 Å². The molecule has 0 aromatic heterocycles. The predicted molar refractivity (Wildman–Crippen MR) is 68.1 cm³/mol. The molecule has 0 bridgehead atoms. The minimum absolute atomic E-state index is 0.164. The zero-order valence-corrected chi connectivity index (χ0v) is 10.5. The topological polar surface area (TPSA) is 60.7 Å². The molecule has 0 heterocycles. The number of phenolic OH excluding ortho intramolecular Hbond substituents is 1. The molecule has 0 amide bonds. The van der Waals surface area contributed by atoms with E-state index in [1.807, 2.05) is 26.0 Å². The van der Waals surface area contributed by atoms with Crippen LogP contribution in [0.15, 0.2) is 24.3 Å². The first-order chi connectivity index (χ1) is 8.04. The second-order valence-corrected chi connectivity index (χ2v) is 4.65. The quantitative estimate of drug-likeness (QED) is 0.713. The Bertz CT molecular complexity index is 321. The maximum absolute atomic E-state index is 9.84. The summed E-state index contributed by atoms with van der Waals surface area (Å²) in [6.07, 6.45) is 0.708. The number of aliphatic hydroxyl groups excluding tert-OH is 2. The average molecular weight is 238 g/mol. The lowest BCUT2D eigenvalue weighted by atomic mass is 9.92. The summed E-state index contributed by atoms with van der Waals surface area (Å²) in [5.41, 5.74) is 1.06. The molecule has 1 aromatic carbocycles. The molecular weight excluding hydrogens is 216 g/mol. The molecule has 1 rings (SSSR count). The van der Waals surface area contributed by atoms with E-state index in [2.05, 4.69) is 0 Å². The summed E-state index contributed by atoms with van der Waals surface area (Å²) in [4.78, 5) is 0. The van der Waals surface area contributed by atoms with Crippen LogP contribution in [0.4, 0.5) is 0 Å². The summed E-state index contributed by atoms with van der Waals surface area (Å²) in [6.45, 7) is 3.99. The van der Waals surface area contributed by atoms with Crippen molar-refractivity contribution in [3.8, 4) is 5.75 Å². The van der Waals surface area contributed by atoms with Crippen LogP contribution in [0.25, 0.3) is 0 Å². The number of benzene rings is 1. The van der Waals surface area contributed by atoms with Gasteiger partial charge in [-0.15, -0.1) is 0 Å². The van der Waals surface area contributed by atoms with Crippen molar-refractivity contribution in [2.75, 3.05) is 0 Å². The molecule has 0 radical (unpaired) electrons. The van der Waals surface area contributed by atoms with Crippen molar-refractivity contribution in [3.63, 3.8) is 0 Å². The van der Waals surface area contributed by atoms with Gasteiger partial charge in [-0.3, -0.25) is 0 Å². The Morgan fingerprint density at radius 1 is 1.06 bits per heavy atom. The van der Waals surface area contributed by atoms with Crippen molar-refractivity contribution in [2.24, 2.45) is 0 Å². The number of aromatic hydroxyl groups is 1. The summed E-state index contributed by atoms with van der Waals surface area (Å²) < 4.78 is 0. The average Bonchev–Trinajstić information content (AvgIpc) is 2.30. The number of rotatable bonds is 6. The summed E-state index contributed by atoms with van der Waals surface area (Å²) >= 11 is 0. The van der Waals surface area contributed by atoms with Gasteiger partial charge in [-0.05, 0) is 36.5 Å². The third kappa shape index (κ3) is 4.36. The minimum Gasteiger partial charge on any atom is -0.508 e. The molecule has 0 saturated heterocycles. The molecule has 3 N–H and O–H groups in total. The highest BCUT2D eigenvalue weighted by Gasteiger charge is 2.19. The maximum atomic E-state index is 9.84. The number of phenols is 1. The first-order valence-corrected chi connectivity index (χ1v) is 6.19. The first kappa shape index (κ1) is 14.0. The third-order valence-corrected chi connectivity index (χ3v) is 3.09. The first-order valence-electron chi connectivity index (χ1n) is 6.19. The smallest absolute Gasteiger partial charge is 0.115 e. The predicted octanol–water partition coefficient (Wildman–Crippen LogP) is 2.41. The number of hydrogen-bond donors (Lipinski definition) is 3. The van der Waals surface area contributed by atoms with E-state index in [4.69, 9.17) is 0 Å². The van der Waals surface area contributed by atoms with Gasteiger partial charge in [-0.1, -0.05) is 32.4 Å². The van der Waals surface area contributed by atoms with Crippen LogP contribution < -0.4 is 0 Å². The molecule has 0 fully saturated rings. The second kappa shape index (κ2) is 6.62. The van der Waals surface area contributed by atoms with Crippen LogP contribution >= 0.6 is 0 Å². The summed E-state index contributed by atoms with van der Waals surface area (Å²) in [5.74, 6) is 0.407. The van der Waals surface area contributed by atoms with E-state index < -0.39 is 12.2 Å². The van der Waals surface area contributed by atoms with E-state index in [-0.39, 0.29) is 11.7 Å². The van der Waals surface area contributed by atoms with Gasteiger partial charge in [0.25, 0.3) is 0 Å². The lowest BCUT2D eigenvalue weighted by Crippen LogP contribution is -2.27. The lowest BCUT2D eigenvalue weighted by Gasteiger charge is -2.21. The fraction of sp³-hybridized carbons (Fsp3) is 0.571. The number of aliphatic hydroxyl groups is 2. The third-order valence-electron chi connectivity index (χ3n) is 3.09. The monoisotopic (exact) mass is 238 g/mol. The SMILES string of the molecule is CCCC(O)C(O)CC(C)c1ccc(O)cc1. The fourth-order valence-corrected chi connectivity index (χ4v) is 1.95. The Morgan fingerprint density at radius 3 is 2.18 bits per heavy atom. The molecule has 3 atom stereocenters. The van der Waals surface area contributed by atoms with Crippen molar-refractivity contribution < 1.29 is 15.3 Å². The van der Waals surface area contributed by atoms with E-state index >= 15 is 0 Å². The van der Waals surface area contributed by atoms with Crippen LogP contribution in [0.1, 0.15) is 44.6 Å². The van der Waals surface area contributed by atoms with Gasteiger partial charge >= 0.3 is 0 Å². The largest absolute Gasteiger partial charge is 0.508 e. The maximum Gasteiger partial charge on any atom is 0.115 e. The normalized spacial score (nSPS) is 16.5. The molecule has 3 unspecified atom stereocenters. The van der Waals surface area contributed by atoms with Crippen LogP contribution in [-0.2, 0) is 0 Å². The zero-order chi connectivity index (χ0) is 12.8. The zero-order valence-electron chi connectivity index (χ0n) is 10.5. The molecule has 3 heteroatoms. The van der Waals surface area contributed by atoms with Gasteiger partial charge in [0.1, 0.15) is 5.75 Å². The van der Waals surface area contributed by atoms with Crippen molar-refractivity contribution in [2.45, 2.75) is 51.2 Å². The highest BCUT2D eigenvalue weighted by Crippen LogP contribution is 2.24. The van der Waals surface area contributed by atoms with Gasteiger partial charge < -0.3 is 15.3 Å². The van der Waals surface area contributed by atoms with Gasteiger partial charge in [-0.25, -0.2) is 0 Å². The lowest BCUT2D eigenvalue weighted by molar-refractivity contribution is 0.00637. The Morgan fingerprint density at radius 2 is 1.65 bits per heavy atom. The van der Waals surface area contributed by atoms with Gasteiger partial charge in [0, 0.05) is 0 Å². The Balaban J connectivity index is 2.53. The van der Waals surface area contributed by atoms with Crippen LogP contribution in [0.5, 0.6) is 5.75 Å². The van der Waals surface area contributed by atoms with E-state index in [0.717, 1.165) is 12.0 Å². The minimum atomic E-state index is -0.682. The molecule has 0 aliphatic rings. The van der Waals surface area contributed by atoms with Crippen molar-refractivity contribution in [1.82, 2.24) is 0 Å². The van der Waals surface area contributed by atoms with E-state index in [0.29, 0.717) is 12.8 Å². The van der Waals surface area contributed by atoms with Crippen molar-refractivity contribution in [3.05, 3.63) is 29.8 Å². The van der Waals surface area contributed by atoms with Crippen LogP contribution in [0.3, 0.4) is 0 Å². The van der Waals surface area contributed by atoms with Crippen molar-refractivity contribution in [1.29, 1.82) is 0 Å². The van der Waals surface area contributed by atoms with Gasteiger partial charge in [0.2, 0.25) is 0 Å². The Kier molecular flexibility index (Phi) is 5.45. The molecule has 96 valence electrons. The molecule has 3 nitrogen and oxygen atoms in total. The molecule has 17 heavy (non-hydrogen) atoms. The van der Waals surface area contributed by atoms with Crippen LogP contribution in [-0.4, -0.2) is 27.5 Å². The second-order valence-electron chi connectivity index (χ2n) is 4.65. The number of hydrogen-bond acceptors (Lipinski definition) is 3. The fourth-order valence-electron chi connectivity index (χ4n) is 1.95. The molecule has 1 aromatic rings. The molecule has 0 saturated carbocycles. The highest BCUT2D eigenvalue weighted by molar-refractivity contribution is 5.28. The van der Waals surface area contributed by atoms with Gasteiger partial charge in [0.15, 0.2) is 0 Å². The Hall–Kier alpha value is -1.06. The van der Waals surface area contributed by atoms with Crippen molar-refractivity contribution >= 4 is 0 Å². The molecule has 0 spiro atoms. The van der Waals surface area contributed by atoms with E-state index in [9.17, 15) is 15.3 Å². The standard InChI is InChI=1S/C14H22O3/c1-3-4-13(16)14(17)9-10(2)11-5-7-12(15)8-6-11/h5-8,10,13-17H,3-4,9H2,1-2H3. The van der Waals surface area contributed by atoms with E-state index in [1.165, 1.54) is 0 Å². The highest BCUT2D eigenvalue weighted by atomic mass is 16.3.